The Morgan fingerprint density at radius 1 is 1.37 bits per heavy atom. The number of aliphatic imine (C=N–C) groups is 1. The summed E-state index contributed by atoms with van der Waals surface area (Å²) in [5, 5.41) is 10.6. The Morgan fingerprint density at radius 2 is 2.13 bits per heavy atom. The minimum atomic E-state index is -0.322. The minimum Gasteiger partial charge on any atom is -0.490 e. The number of hydrogen-bond donors (Lipinski definition) is 2. The first-order valence-corrected chi connectivity index (χ1v) is 10.4. The van der Waals surface area contributed by atoms with Gasteiger partial charge >= 0.3 is 0 Å². The van der Waals surface area contributed by atoms with Gasteiger partial charge in [0.1, 0.15) is 5.76 Å². The monoisotopic (exact) mass is 530 g/mol. The van der Waals surface area contributed by atoms with Crippen molar-refractivity contribution in [1.82, 2.24) is 15.8 Å². The molecule has 1 aliphatic rings. The molecule has 0 saturated heterocycles. The van der Waals surface area contributed by atoms with Crippen LogP contribution in [-0.2, 0) is 6.42 Å². The van der Waals surface area contributed by atoms with Crippen LogP contribution < -0.4 is 15.4 Å². The molecule has 0 bridgehead atoms. The zero-order chi connectivity index (χ0) is 20.8. The largest absolute Gasteiger partial charge is 0.490 e. The Kier molecular flexibility index (Phi) is 9.38. The molecule has 1 fully saturated rings. The number of rotatable bonds is 9. The Bertz CT molecular complexity index is 832. The highest BCUT2D eigenvalue weighted by Crippen LogP contribution is 2.30. The van der Waals surface area contributed by atoms with E-state index in [9.17, 15) is 4.39 Å². The molecule has 0 aliphatic heterocycles. The smallest absolute Gasteiger partial charge is 0.191 e. The van der Waals surface area contributed by atoms with Gasteiger partial charge in [0.2, 0.25) is 0 Å². The minimum absolute atomic E-state index is 0. The number of hydrogen-bond acceptors (Lipinski definition) is 4. The summed E-state index contributed by atoms with van der Waals surface area (Å²) in [5.41, 5.74) is 2.85. The highest BCUT2D eigenvalue weighted by atomic mass is 127. The molecule has 2 aromatic rings. The second-order valence-electron chi connectivity index (χ2n) is 7.62. The molecule has 3 rings (SSSR count). The van der Waals surface area contributed by atoms with Crippen molar-refractivity contribution in [1.29, 1.82) is 0 Å². The van der Waals surface area contributed by atoms with Crippen molar-refractivity contribution in [3.05, 3.63) is 46.6 Å². The molecular formula is C22H32FIN4O2. The lowest BCUT2D eigenvalue weighted by Gasteiger charge is -2.19. The van der Waals surface area contributed by atoms with Crippen LogP contribution in [0, 0.1) is 25.6 Å². The number of guanidine groups is 1. The Hall–Kier alpha value is -1.84. The summed E-state index contributed by atoms with van der Waals surface area (Å²) in [6.45, 7) is 9.80. The van der Waals surface area contributed by atoms with Crippen LogP contribution in [0.5, 0.6) is 5.75 Å². The van der Waals surface area contributed by atoms with Gasteiger partial charge in [-0.15, -0.1) is 24.0 Å². The predicted molar refractivity (Wildman–Crippen MR) is 127 cm³/mol. The van der Waals surface area contributed by atoms with Crippen molar-refractivity contribution in [3.8, 4) is 5.75 Å². The summed E-state index contributed by atoms with van der Waals surface area (Å²) in [7, 11) is 0. The van der Waals surface area contributed by atoms with E-state index in [0.29, 0.717) is 30.8 Å². The maximum absolute atomic E-state index is 14.4. The third-order valence-corrected chi connectivity index (χ3v) is 5.14. The third kappa shape index (κ3) is 6.85. The van der Waals surface area contributed by atoms with Crippen molar-refractivity contribution in [2.75, 3.05) is 19.7 Å². The summed E-state index contributed by atoms with van der Waals surface area (Å²) in [4.78, 5) is 4.64. The molecular weight excluding hydrogens is 498 g/mol. The van der Waals surface area contributed by atoms with E-state index in [1.165, 1.54) is 18.9 Å². The summed E-state index contributed by atoms with van der Waals surface area (Å²) in [5.74, 6) is 2.13. The van der Waals surface area contributed by atoms with Gasteiger partial charge in [-0.2, -0.15) is 0 Å². The van der Waals surface area contributed by atoms with Gasteiger partial charge in [0, 0.05) is 18.7 Å². The van der Waals surface area contributed by atoms with Crippen LogP contribution in [0.1, 0.15) is 55.3 Å². The number of nitrogens with zero attached hydrogens (tertiary/aromatic N) is 2. The molecule has 1 aliphatic carbocycles. The standard InChI is InChI=1S/C22H31FN4O2.HI/c1-5-24-22(25-11-10-19-15(3)27-29-16(19)4)26-14(2)18-8-9-21(20(23)12-18)28-13-17-6-7-17;/h8-9,12,14,17H,5-7,10-11,13H2,1-4H3,(H2,24,25,26);1H. The summed E-state index contributed by atoms with van der Waals surface area (Å²) < 4.78 is 25.2. The first kappa shape index (κ1) is 24.4. The van der Waals surface area contributed by atoms with E-state index in [-0.39, 0.29) is 35.8 Å². The van der Waals surface area contributed by atoms with E-state index in [1.807, 2.05) is 33.8 Å². The van der Waals surface area contributed by atoms with Gasteiger partial charge in [0.05, 0.1) is 18.3 Å². The lowest BCUT2D eigenvalue weighted by molar-refractivity contribution is 0.285. The summed E-state index contributed by atoms with van der Waals surface area (Å²) >= 11 is 0. The SMILES string of the molecule is CCNC(=NCCc1c(C)noc1C)NC(C)c1ccc(OCC2CC2)c(F)c1.I. The molecule has 1 heterocycles. The van der Waals surface area contributed by atoms with Crippen molar-refractivity contribution in [2.24, 2.45) is 10.9 Å². The van der Waals surface area contributed by atoms with Gasteiger partial charge in [-0.05, 0) is 70.6 Å². The Labute approximate surface area is 195 Å². The second kappa shape index (κ2) is 11.5. The first-order chi connectivity index (χ1) is 14.0. The van der Waals surface area contributed by atoms with Crippen molar-refractivity contribution < 1.29 is 13.7 Å². The number of ether oxygens (including phenoxy) is 1. The molecule has 30 heavy (non-hydrogen) atoms. The maximum atomic E-state index is 14.4. The molecule has 2 N–H and O–H groups in total. The van der Waals surface area contributed by atoms with Crippen LogP contribution in [0.3, 0.4) is 0 Å². The highest BCUT2D eigenvalue weighted by molar-refractivity contribution is 14.0. The lowest BCUT2D eigenvalue weighted by atomic mass is 10.1. The fourth-order valence-corrected chi connectivity index (χ4v) is 3.14. The molecule has 166 valence electrons. The quantitative estimate of drug-likeness (QED) is 0.280. The maximum Gasteiger partial charge on any atom is 0.191 e. The fourth-order valence-electron chi connectivity index (χ4n) is 3.14. The average Bonchev–Trinajstić information content (AvgIpc) is 3.47. The van der Waals surface area contributed by atoms with Crippen LogP contribution >= 0.6 is 24.0 Å². The van der Waals surface area contributed by atoms with Crippen molar-refractivity contribution >= 4 is 29.9 Å². The topological polar surface area (TPSA) is 71.7 Å². The van der Waals surface area contributed by atoms with Crippen LogP contribution in [0.2, 0.25) is 0 Å². The molecule has 1 unspecified atom stereocenters. The fraction of sp³-hybridized carbons (Fsp3) is 0.545. The van der Waals surface area contributed by atoms with Gasteiger partial charge in [-0.1, -0.05) is 11.2 Å². The summed E-state index contributed by atoms with van der Waals surface area (Å²) in [6.07, 6.45) is 3.13. The number of nitrogens with one attached hydrogen (secondary N) is 2. The van der Waals surface area contributed by atoms with Crippen LogP contribution in [0.4, 0.5) is 4.39 Å². The van der Waals surface area contributed by atoms with Crippen molar-refractivity contribution in [3.63, 3.8) is 0 Å². The summed E-state index contributed by atoms with van der Waals surface area (Å²) in [6, 6.07) is 5.05. The van der Waals surface area contributed by atoms with E-state index in [0.717, 1.165) is 35.5 Å². The van der Waals surface area contributed by atoms with E-state index in [1.54, 1.807) is 6.07 Å². The van der Waals surface area contributed by atoms with Crippen LogP contribution in [-0.4, -0.2) is 30.8 Å². The molecule has 1 aromatic carbocycles. The molecule has 1 saturated carbocycles. The molecule has 6 nitrogen and oxygen atoms in total. The van der Waals surface area contributed by atoms with Gasteiger partial charge in [-0.25, -0.2) is 4.39 Å². The number of aromatic nitrogens is 1. The van der Waals surface area contributed by atoms with Gasteiger partial charge < -0.3 is 19.9 Å². The van der Waals surface area contributed by atoms with E-state index in [4.69, 9.17) is 9.26 Å². The highest BCUT2D eigenvalue weighted by Gasteiger charge is 2.22. The lowest BCUT2D eigenvalue weighted by Crippen LogP contribution is -2.39. The molecule has 1 atom stereocenters. The van der Waals surface area contributed by atoms with E-state index >= 15 is 0 Å². The van der Waals surface area contributed by atoms with Crippen LogP contribution in [0.15, 0.2) is 27.7 Å². The second-order valence-corrected chi connectivity index (χ2v) is 7.62. The zero-order valence-electron chi connectivity index (χ0n) is 18.1. The normalized spacial score (nSPS) is 14.8. The number of halogens is 2. The van der Waals surface area contributed by atoms with E-state index in [2.05, 4.69) is 20.8 Å². The molecule has 0 spiro atoms. The van der Waals surface area contributed by atoms with E-state index < -0.39 is 0 Å². The third-order valence-electron chi connectivity index (χ3n) is 5.14. The molecule has 0 amide bonds. The Balaban J connectivity index is 0.00000320. The number of benzene rings is 1. The average molecular weight is 530 g/mol. The predicted octanol–water partition coefficient (Wildman–Crippen LogP) is 4.70. The zero-order valence-corrected chi connectivity index (χ0v) is 20.5. The van der Waals surface area contributed by atoms with Gasteiger partial charge in [0.15, 0.2) is 17.5 Å². The number of aryl methyl sites for hydroxylation is 2. The first-order valence-electron chi connectivity index (χ1n) is 10.4. The van der Waals surface area contributed by atoms with Crippen LogP contribution in [0.25, 0.3) is 0 Å². The molecule has 1 aromatic heterocycles. The van der Waals surface area contributed by atoms with Gasteiger partial charge in [0.25, 0.3) is 0 Å². The molecule has 8 heteroatoms. The van der Waals surface area contributed by atoms with Gasteiger partial charge in [-0.3, -0.25) is 4.99 Å². The Morgan fingerprint density at radius 3 is 2.73 bits per heavy atom. The molecule has 0 radical (unpaired) electrons. The van der Waals surface area contributed by atoms with Crippen molar-refractivity contribution in [2.45, 2.75) is 53.0 Å².